The van der Waals surface area contributed by atoms with Gasteiger partial charge in [0.05, 0.1) is 22.1 Å². The van der Waals surface area contributed by atoms with Gasteiger partial charge >= 0.3 is 0 Å². The summed E-state index contributed by atoms with van der Waals surface area (Å²) < 4.78 is 7.32. The van der Waals surface area contributed by atoms with Gasteiger partial charge in [-0.05, 0) is 83.9 Å². The Morgan fingerprint density at radius 1 is 0.383 bits per heavy atom. The smallest absolute Gasteiger partial charge is 0.145 e. The van der Waals surface area contributed by atoms with Crippen molar-refractivity contribution in [3.05, 3.63) is 164 Å². The van der Waals surface area contributed by atoms with Gasteiger partial charge in [0.2, 0.25) is 0 Å². The van der Waals surface area contributed by atoms with Gasteiger partial charge in [0.25, 0.3) is 0 Å². The van der Waals surface area contributed by atoms with Gasteiger partial charge in [0.15, 0.2) is 0 Å². The topological polar surface area (TPSA) is 22.8 Å². The third-order valence-electron chi connectivity index (χ3n) is 9.34. The second kappa shape index (κ2) is 10.3. The molecule has 0 N–H and O–H groups in total. The lowest BCUT2D eigenvalue weighted by atomic mass is 10.0. The third-order valence-corrected chi connectivity index (χ3v) is 10.5. The van der Waals surface area contributed by atoms with Crippen molar-refractivity contribution in [2.45, 2.75) is 0 Å². The van der Waals surface area contributed by atoms with Crippen LogP contribution in [0.1, 0.15) is 0 Å². The molecule has 0 aliphatic rings. The van der Waals surface area contributed by atoms with Gasteiger partial charge in [-0.2, -0.15) is 0 Å². The van der Waals surface area contributed by atoms with E-state index in [4.69, 9.17) is 4.98 Å². The molecule has 0 saturated heterocycles. The standard InChI is InChI=1S/C43H27N3S/c1-2-10-28(11-3-1)43-44-37-14-6-8-16-40(37)46(43)32-22-20-31(21-23-32)45-38-15-7-4-12-33(38)35-26-29(18-24-39(35)45)30-19-25-42-36(27-30)34-13-5-9-17-41(34)47-42/h1-27H. The summed E-state index contributed by atoms with van der Waals surface area (Å²) in [7, 11) is 0. The summed E-state index contributed by atoms with van der Waals surface area (Å²) in [4.78, 5) is 5.03. The monoisotopic (exact) mass is 617 g/mol. The number of rotatable bonds is 4. The molecule has 0 aliphatic heterocycles. The molecule has 0 unspecified atom stereocenters. The number of imidazole rings is 1. The molecule has 47 heavy (non-hydrogen) atoms. The van der Waals surface area contributed by atoms with Crippen molar-refractivity contribution in [1.29, 1.82) is 0 Å². The van der Waals surface area contributed by atoms with E-state index in [9.17, 15) is 0 Å². The first-order valence-electron chi connectivity index (χ1n) is 15.9. The first kappa shape index (κ1) is 26.3. The minimum atomic E-state index is 0.942. The van der Waals surface area contributed by atoms with Gasteiger partial charge in [-0.3, -0.25) is 4.57 Å². The van der Waals surface area contributed by atoms with Gasteiger partial charge in [-0.25, -0.2) is 4.98 Å². The van der Waals surface area contributed by atoms with Crippen LogP contribution in [0.15, 0.2) is 164 Å². The van der Waals surface area contributed by atoms with Crippen molar-refractivity contribution in [2.75, 3.05) is 0 Å². The average Bonchev–Trinajstić information content (AvgIpc) is 3.81. The fourth-order valence-electron chi connectivity index (χ4n) is 7.16. The van der Waals surface area contributed by atoms with E-state index in [0.717, 1.165) is 33.8 Å². The Morgan fingerprint density at radius 2 is 0.979 bits per heavy atom. The van der Waals surface area contributed by atoms with Crippen LogP contribution >= 0.6 is 11.3 Å². The van der Waals surface area contributed by atoms with Crippen LogP contribution in [0.2, 0.25) is 0 Å². The number of nitrogens with zero attached hydrogens (tertiary/aromatic N) is 3. The summed E-state index contributed by atoms with van der Waals surface area (Å²) >= 11 is 1.86. The molecule has 3 heterocycles. The molecule has 0 saturated carbocycles. The Kier molecular flexibility index (Phi) is 5.74. The molecule has 10 rings (SSSR count). The van der Waals surface area contributed by atoms with E-state index in [1.807, 2.05) is 23.5 Å². The highest BCUT2D eigenvalue weighted by Gasteiger charge is 2.17. The van der Waals surface area contributed by atoms with Crippen LogP contribution in [0.25, 0.3) is 86.9 Å². The van der Waals surface area contributed by atoms with Gasteiger partial charge in [-0.15, -0.1) is 11.3 Å². The average molecular weight is 618 g/mol. The zero-order chi connectivity index (χ0) is 30.9. The lowest BCUT2D eigenvalue weighted by Crippen LogP contribution is -1.99. The predicted molar refractivity (Wildman–Crippen MR) is 199 cm³/mol. The van der Waals surface area contributed by atoms with E-state index in [2.05, 4.69) is 161 Å². The lowest BCUT2D eigenvalue weighted by molar-refractivity contribution is 1.09. The zero-order valence-corrected chi connectivity index (χ0v) is 26.2. The summed E-state index contributed by atoms with van der Waals surface area (Å²) in [6, 6.07) is 58.9. The summed E-state index contributed by atoms with van der Waals surface area (Å²) in [5.74, 6) is 0.942. The minimum Gasteiger partial charge on any atom is -0.309 e. The molecule has 0 fully saturated rings. The van der Waals surface area contributed by atoms with Crippen LogP contribution < -0.4 is 0 Å². The maximum atomic E-state index is 5.03. The molecule has 10 aromatic rings. The number of thiophene rings is 1. The number of aromatic nitrogens is 3. The van der Waals surface area contributed by atoms with Crippen LogP contribution in [0, 0.1) is 0 Å². The van der Waals surface area contributed by atoms with Crippen LogP contribution in [0.5, 0.6) is 0 Å². The van der Waals surface area contributed by atoms with Crippen LogP contribution in [0.4, 0.5) is 0 Å². The predicted octanol–water partition coefficient (Wildman–Crippen LogP) is 11.8. The van der Waals surface area contributed by atoms with Crippen LogP contribution in [-0.4, -0.2) is 14.1 Å². The second-order valence-electron chi connectivity index (χ2n) is 12.0. The van der Waals surface area contributed by atoms with Crippen LogP contribution in [0.3, 0.4) is 0 Å². The van der Waals surface area contributed by atoms with Crippen molar-refractivity contribution in [2.24, 2.45) is 0 Å². The molecule has 0 atom stereocenters. The van der Waals surface area contributed by atoms with E-state index in [1.165, 1.54) is 53.1 Å². The van der Waals surface area contributed by atoms with Gasteiger partial charge in [0, 0.05) is 47.9 Å². The van der Waals surface area contributed by atoms with E-state index in [-0.39, 0.29) is 0 Å². The largest absolute Gasteiger partial charge is 0.309 e. The van der Waals surface area contributed by atoms with Crippen molar-refractivity contribution in [3.63, 3.8) is 0 Å². The normalized spacial score (nSPS) is 11.8. The molecule has 0 spiro atoms. The molecule has 0 aliphatic carbocycles. The molecule has 0 amide bonds. The Balaban J connectivity index is 1.11. The summed E-state index contributed by atoms with van der Waals surface area (Å²) in [5.41, 5.74) is 10.3. The molecule has 0 radical (unpaired) electrons. The van der Waals surface area contributed by atoms with Crippen LogP contribution in [-0.2, 0) is 0 Å². The Bertz CT molecular complexity index is 2780. The molecular weight excluding hydrogens is 591 g/mol. The van der Waals surface area contributed by atoms with Gasteiger partial charge < -0.3 is 4.57 Å². The van der Waals surface area contributed by atoms with Crippen molar-refractivity contribution >= 4 is 64.3 Å². The maximum absolute atomic E-state index is 5.03. The number of fused-ring (bicyclic) bond motifs is 7. The van der Waals surface area contributed by atoms with E-state index in [0.29, 0.717) is 0 Å². The van der Waals surface area contributed by atoms with Crippen molar-refractivity contribution < 1.29 is 0 Å². The van der Waals surface area contributed by atoms with E-state index in [1.54, 1.807) is 0 Å². The summed E-state index contributed by atoms with van der Waals surface area (Å²) in [5, 5.41) is 5.16. The fourth-order valence-corrected chi connectivity index (χ4v) is 8.24. The molecule has 3 nitrogen and oxygen atoms in total. The molecule has 220 valence electrons. The highest BCUT2D eigenvalue weighted by Crippen LogP contribution is 2.39. The first-order chi connectivity index (χ1) is 23.3. The molecular formula is C43H27N3S. The number of hydrogen-bond donors (Lipinski definition) is 0. The van der Waals surface area contributed by atoms with Gasteiger partial charge in [0.1, 0.15) is 5.82 Å². The minimum absolute atomic E-state index is 0.942. The first-order valence-corrected chi connectivity index (χ1v) is 16.7. The number of benzene rings is 7. The Morgan fingerprint density at radius 3 is 1.81 bits per heavy atom. The lowest BCUT2D eigenvalue weighted by Gasteiger charge is -2.12. The Hall–Kier alpha value is -5.97. The molecule has 3 aromatic heterocycles. The molecule has 4 heteroatoms. The van der Waals surface area contributed by atoms with E-state index >= 15 is 0 Å². The van der Waals surface area contributed by atoms with Gasteiger partial charge in [-0.1, -0.05) is 91.0 Å². The van der Waals surface area contributed by atoms with Crippen molar-refractivity contribution in [3.8, 4) is 33.9 Å². The fraction of sp³-hybridized carbons (Fsp3) is 0. The second-order valence-corrected chi connectivity index (χ2v) is 13.1. The van der Waals surface area contributed by atoms with E-state index < -0.39 is 0 Å². The number of hydrogen-bond acceptors (Lipinski definition) is 2. The maximum Gasteiger partial charge on any atom is 0.145 e. The molecule has 0 bridgehead atoms. The third kappa shape index (κ3) is 4.09. The molecule has 7 aromatic carbocycles. The number of para-hydroxylation sites is 3. The Labute approximate surface area is 275 Å². The highest BCUT2D eigenvalue weighted by molar-refractivity contribution is 7.25. The van der Waals surface area contributed by atoms with Crippen molar-refractivity contribution in [1.82, 2.24) is 14.1 Å². The SMILES string of the molecule is c1ccc(-c2nc3ccccc3n2-c2ccc(-n3c4ccccc4c4cc(-c5ccc6sc7ccccc7c6c5)ccc43)cc2)cc1. The summed E-state index contributed by atoms with van der Waals surface area (Å²) in [6.07, 6.45) is 0. The quantitative estimate of drug-likeness (QED) is 0.193. The highest BCUT2D eigenvalue weighted by atomic mass is 32.1. The summed E-state index contributed by atoms with van der Waals surface area (Å²) in [6.45, 7) is 0. The zero-order valence-electron chi connectivity index (χ0n) is 25.3.